The minimum absolute atomic E-state index is 0. The number of aromatic amines is 2. The second-order valence-corrected chi connectivity index (χ2v) is 7.71. The number of tetrazole rings is 1. The van der Waals surface area contributed by atoms with Gasteiger partial charge in [-0.15, -0.1) is 10.2 Å². The van der Waals surface area contributed by atoms with Crippen LogP contribution in [0.5, 0.6) is 0 Å². The second-order valence-electron chi connectivity index (χ2n) is 6.47. The van der Waals surface area contributed by atoms with Crippen molar-refractivity contribution in [2.24, 2.45) is 5.10 Å². The molecule has 0 fully saturated rings. The van der Waals surface area contributed by atoms with Gasteiger partial charge in [-0.05, 0) is 71.1 Å². The van der Waals surface area contributed by atoms with Crippen LogP contribution < -0.4 is 45.6 Å². The van der Waals surface area contributed by atoms with Gasteiger partial charge in [-0.3, -0.25) is 10.1 Å². The first-order valence-electron chi connectivity index (χ1n) is 9.42. The maximum atomic E-state index is 10.9. The van der Waals surface area contributed by atoms with Crippen LogP contribution in [0.25, 0.3) is 0 Å². The van der Waals surface area contributed by atoms with E-state index in [1.165, 1.54) is 18.5 Å². The Balaban J connectivity index is 0.000000520. The predicted octanol–water partition coefficient (Wildman–Crippen LogP) is -4.09. The number of quaternary nitrogens is 1. The molecule has 0 radical (unpaired) electrons. The monoisotopic (exact) mass is 613 g/mol. The lowest BCUT2D eigenvalue weighted by atomic mass is 10.2. The molecule has 176 valence electrons. The van der Waals surface area contributed by atoms with E-state index in [4.69, 9.17) is 5.10 Å². The summed E-state index contributed by atoms with van der Waals surface area (Å²) in [4.78, 5) is 10.5. The van der Waals surface area contributed by atoms with Crippen molar-refractivity contribution in [2.75, 3.05) is 10.2 Å². The molecule has 4 aromatic rings. The molecule has 0 saturated heterocycles. The number of benzene rings is 3. The van der Waals surface area contributed by atoms with Crippen molar-refractivity contribution in [3.63, 3.8) is 0 Å². The van der Waals surface area contributed by atoms with E-state index in [0.29, 0.717) is 0 Å². The highest BCUT2D eigenvalue weighted by molar-refractivity contribution is 14.1. The molecule has 0 aliphatic carbocycles. The van der Waals surface area contributed by atoms with Crippen molar-refractivity contribution < 1.29 is 40.3 Å². The molecule has 14 heteroatoms. The van der Waals surface area contributed by atoms with Crippen molar-refractivity contribution >= 4 is 45.5 Å². The first kappa shape index (κ1) is 26.9. The lowest BCUT2D eigenvalue weighted by Crippen LogP contribution is -3.00. The molecule has 0 amide bonds. The average molecular weight is 614 g/mol. The molecule has 3 aromatic carbocycles. The Hall–Kier alpha value is -3.33. The van der Waals surface area contributed by atoms with Crippen LogP contribution in [-0.2, 0) is 0 Å². The van der Waals surface area contributed by atoms with E-state index in [0.717, 1.165) is 26.3 Å². The van der Waals surface area contributed by atoms with Crippen molar-refractivity contribution in [3.8, 4) is 0 Å². The molecule has 2 heterocycles. The zero-order chi connectivity index (χ0) is 22.3. The molecule has 34 heavy (non-hydrogen) atoms. The fraction of sp³-hybridized carbons (Fsp3) is 0. The molecule has 0 spiro atoms. The summed E-state index contributed by atoms with van der Waals surface area (Å²) in [6.45, 7) is 0. The Labute approximate surface area is 220 Å². The minimum atomic E-state index is -0.407. The minimum Gasteiger partial charge on any atom is -1.00 e. The molecule has 0 unspecified atom stereocenters. The van der Waals surface area contributed by atoms with Gasteiger partial charge < -0.3 is 24.8 Å². The van der Waals surface area contributed by atoms with Gasteiger partial charge in [0.15, 0.2) is 5.21 Å². The van der Waals surface area contributed by atoms with Crippen molar-refractivity contribution in [1.82, 2.24) is 15.5 Å². The van der Waals surface area contributed by atoms with Gasteiger partial charge in [0, 0.05) is 15.7 Å². The number of nitrogens with zero attached hydrogens (tertiary/aromatic N) is 6. The summed E-state index contributed by atoms with van der Waals surface area (Å²) in [5, 5.41) is 30.9. The van der Waals surface area contributed by atoms with Crippen LogP contribution >= 0.6 is 22.6 Å². The van der Waals surface area contributed by atoms with E-state index in [-0.39, 0.29) is 30.5 Å². The van der Waals surface area contributed by atoms with Gasteiger partial charge in [0.25, 0.3) is 17.9 Å². The Morgan fingerprint density at radius 3 is 2.12 bits per heavy atom. The number of amidine groups is 1. The molecule has 1 aromatic heterocycles. The summed E-state index contributed by atoms with van der Waals surface area (Å²) in [6.07, 6.45) is 1.46. The Bertz CT molecular complexity index is 1180. The Morgan fingerprint density at radius 2 is 1.59 bits per heavy atom. The van der Waals surface area contributed by atoms with E-state index in [9.17, 15) is 10.1 Å². The van der Waals surface area contributed by atoms with Gasteiger partial charge in [-0.25, -0.2) is 0 Å². The highest BCUT2D eigenvalue weighted by Crippen LogP contribution is 2.25. The van der Waals surface area contributed by atoms with Crippen molar-refractivity contribution in [3.05, 3.63) is 104 Å². The van der Waals surface area contributed by atoms with Crippen LogP contribution in [0.3, 0.4) is 0 Å². The topological polar surface area (TPSA) is 134 Å². The van der Waals surface area contributed by atoms with Crippen molar-refractivity contribution in [1.29, 1.82) is 0 Å². The highest BCUT2D eigenvalue weighted by atomic mass is 127. The SMILES string of the molecule is O=[N+]([O-])c1ccc(N2N=C(c3ccccc3)[NH2+]N2c2ccc(I)cc2)cc1.[Cl-].[Cl-].c1nn[nH][nH+]1. The van der Waals surface area contributed by atoms with Crippen LogP contribution in [0.2, 0.25) is 0 Å². The first-order valence-corrected chi connectivity index (χ1v) is 10.5. The fourth-order valence-electron chi connectivity index (χ4n) is 2.90. The summed E-state index contributed by atoms with van der Waals surface area (Å²) in [7, 11) is 0. The smallest absolute Gasteiger partial charge is 0.286 e. The van der Waals surface area contributed by atoms with Crippen LogP contribution in [0.15, 0.2) is 90.3 Å². The number of nitrogens with two attached hydrogens (primary N) is 1. The molecule has 1 aliphatic rings. The summed E-state index contributed by atoms with van der Waals surface area (Å²) in [6, 6.07) is 24.3. The number of aromatic nitrogens is 4. The molecule has 5 rings (SSSR count). The standard InChI is InChI=1S/C19H14IN5O2.CH2N4.2ClH/c20-15-6-8-16(9-7-15)23-21-19(14-4-2-1-3-5-14)22-24(23)17-10-12-18(13-11-17)25(26)27;1-2-4-5-3-1;;/h1-13H,(H,21,22);1H,(H,2,3,4,5);2*1H. The maximum absolute atomic E-state index is 10.9. The maximum Gasteiger partial charge on any atom is 0.286 e. The number of rotatable bonds is 4. The largest absolute Gasteiger partial charge is 1.00 e. The zero-order valence-electron chi connectivity index (χ0n) is 17.3. The normalized spacial score (nSPS) is 12.0. The third-order valence-corrected chi connectivity index (χ3v) is 5.12. The molecular formula is C20H18Cl2IN9O2. The number of hydrogen-bond acceptors (Lipinski definition) is 7. The van der Waals surface area contributed by atoms with Crippen LogP contribution in [0, 0.1) is 13.7 Å². The molecule has 1 aliphatic heterocycles. The van der Waals surface area contributed by atoms with E-state index in [1.807, 2.05) is 65.1 Å². The van der Waals surface area contributed by atoms with Crippen LogP contribution in [-0.4, -0.2) is 26.3 Å². The second kappa shape index (κ2) is 12.8. The third kappa shape index (κ3) is 6.60. The van der Waals surface area contributed by atoms with Gasteiger partial charge in [-0.1, -0.05) is 28.5 Å². The summed E-state index contributed by atoms with van der Waals surface area (Å²) in [5.41, 5.74) is 4.69. The van der Waals surface area contributed by atoms with E-state index in [2.05, 4.69) is 43.2 Å². The van der Waals surface area contributed by atoms with Gasteiger partial charge in [0.2, 0.25) is 0 Å². The number of halogens is 3. The number of hydrazine groups is 1. The summed E-state index contributed by atoms with van der Waals surface area (Å²) in [5.74, 6) is 0.813. The van der Waals surface area contributed by atoms with Crippen LogP contribution in [0.4, 0.5) is 17.1 Å². The van der Waals surface area contributed by atoms with E-state index in [1.54, 1.807) is 17.3 Å². The molecule has 0 saturated carbocycles. The summed E-state index contributed by atoms with van der Waals surface area (Å²) < 4.78 is 1.14. The molecular weight excluding hydrogens is 596 g/mol. The zero-order valence-corrected chi connectivity index (χ0v) is 21.0. The number of nitrogens with one attached hydrogen (secondary N) is 2. The Morgan fingerprint density at radius 1 is 0.941 bits per heavy atom. The quantitative estimate of drug-likeness (QED) is 0.104. The molecule has 11 nitrogen and oxygen atoms in total. The van der Waals surface area contributed by atoms with E-state index < -0.39 is 4.92 Å². The van der Waals surface area contributed by atoms with Crippen LogP contribution in [0.1, 0.15) is 5.56 Å². The van der Waals surface area contributed by atoms with Gasteiger partial charge in [0.05, 0.1) is 16.2 Å². The van der Waals surface area contributed by atoms with Gasteiger partial charge in [-0.2, -0.15) is 10.5 Å². The highest BCUT2D eigenvalue weighted by Gasteiger charge is 2.31. The van der Waals surface area contributed by atoms with E-state index >= 15 is 0 Å². The predicted molar refractivity (Wildman–Crippen MR) is 125 cm³/mol. The molecule has 0 atom stereocenters. The number of nitro benzene ring substituents is 1. The molecule has 0 bridgehead atoms. The molecule has 4 N–H and O–H groups in total. The number of hydrogen-bond donors (Lipinski definition) is 2. The first-order chi connectivity index (χ1) is 15.6. The van der Waals surface area contributed by atoms with Gasteiger partial charge >= 0.3 is 0 Å². The van der Waals surface area contributed by atoms with Crippen molar-refractivity contribution in [2.45, 2.75) is 0 Å². The van der Waals surface area contributed by atoms with Gasteiger partial charge in [0.1, 0.15) is 10.8 Å². The number of non-ortho nitro benzene ring substituents is 1. The lowest BCUT2D eigenvalue weighted by molar-refractivity contribution is -0.545. The Kier molecular flexibility index (Phi) is 10.1. The fourth-order valence-corrected chi connectivity index (χ4v) is 3.26. The number of anilines is 2. The number of hydrazone groups is 1. The lowest BCUT2D eigenvalue weighted by Gasteiger charge is -2.23. The number of H-pyrrole nitrogens is 2. The summed E-state index contributed by atoms with van der Waals surface area (Å²) >= 11 is 2.26. The third-order valence-electron chi connectivity index (χ3n) is 4.40. The average Bonchev–Trinajstić information content (AvgIpc) is 3.54. The number of nitro groups is 1.